The summed E-state index contributed by atoms with van der Waals surface area (Å²) in [5, 5.41) is 3.55. The molecule has 0 radical (unpaired) electrons. The molecule has 22 heavy (non-hydrogen) atoms. The van der Waals surface area contributed by atoms with Crippen LogP contribution in [0.1, 0.15) is 38.2 Å². The summed E-state index contributed by atoms with van der Waals surface area (Å²) >= 11 is 5.79. The SMILES string of the molecule is C[C@@H](OC(=O)/C=C/c1ccc(Cl)cc1)C(=O)NC1CCCC1. The molecule has 1 fully saturated rings. The minimum atomic E-state index is -0.789. The van der Waals surface area contributed by atoms with Crippen molar-refractivity contribution in [3.63, 3.8) is 0 Å². The molecule has 0 aliphatic heterocycles. The first-order chi connectivity index (χ1) is 10.5. The molecule has 0 bridgehead atoms. The summed E-state index contributed by atoms with van der Waals surface area (Å²) in [6.07, 6.45) is 6.43. The maximum absolute atomic E-state index is 11.9. The van der Waals surface area contributed by atoms with Gasteiger partial charge in [0.2, 0.25) is 0 Å². The molecule has 1 aliphatic rings. The van der Waals surface area contributed by atoms with Crippen LogP contribution < -0.4 is 5.32 Å². The smallest absolute Gasteiger partial charge is 0.331 e. The molecule has 118 valence electrons. The largest absolute Gasteiger partial charge is 0.449 e. The number of rotatable bonds is 5. The van der Waals surface area contributed by atoms with Gasteiger partial charge in [-0.15, -0.1) is 0 Å². The molecule has 4 nitrogen and oxygen atoms in total. The van der Waals surface area contributed by atoms with Crippen LogP contribution in [0.25, 0.3) is 6.08 Å². The Morgan fingerprint density at radius 2 is 1.91 bits per heavy atom. The lowest BCUT2D eigenvalue weighted by atomic mass is 10.2. The van der Waals surface area contributed by atoms with Crippen molar-refractivity contribution in [2.75, 3.05) is 0 Å². The van der Waals surface area contributed by atoms with E-state index in [1.54, 1.807) is 37.3 Å². The van der Waals surface area contributed by atoms with Crippen molar-refractivity contribution in [3.8, 4) is 0 Å². The van der Waals surface area contributed by atoms with Gasteiger partial charge in [-0.2, -0.15) is 0 Å². The first-order valence-corrected chi connectivity index (χ1v) is 7.87. The molecule has 0 aromatic heterocycles. The average molecular weight is 322 g/mol. The fraction of sp³-hybridized carbons (Fsp3) is 0.412. The maximum Gasteiger partial charge on any atom is 0.331 e. The summed E-state index contributed by atoms with van der Waals surface area (Å²) in [6, 6.07) is 7.29. The molecule has 1 N–H and O–H groups in total. The number of benzene rings is 1. The van der Waals surface area contributed by atoms with Gasteiger partial charge in [-0.1, -0.05) is 36.6 Å². The van der Waals surface area contributed by atoms with Crippen molar-refractivity contribution in [1.82, 2.24) is 5.32 Å². The molecule has 0 spiro atoms. The van der Waals surface area contributed by atoms with Crippen LogP contribution in [-0.2, 0) is 14.3 Å². The second-order valence-corrected chi connectivity index (χ2v) is 5.89. The van der Waals surface area contributed by atoms with E-state index in [1.165, 1.54) is 6.08 Å². The van der Waals surface area contributed by atoms with E-state index in [9.17, 15) is 9.59 Å². The predicted octanol–water partition coefficient (Wildman–Crippen LogP) is 3.34. The van der Waals surface area contributed by atoms with Gasteiger partial charge in [0.05, 0.1) is 0 Å². The maximum atomic E-state index is 11.9. The zero-order valence-corrected chi connectivity index (χ0v) is 13.3. The second kappa shape index (κ2) is 7.99. The number of carbonyl (C=O) groups is 2. The van der Waals surface area contributed by atoms with Crippen molar-refractivity contribution >= 4 is 29.6 Å². The molecular formula is C17H20ClNO3. The lowest BCUT2D eigenvalue weighted by Crippen LogP contribution is -2.40. The first-order valence-electron chi connectivity index (χ1n) is 7.49. The summed E-state index contributed by atoms with van der Waals surface area (Å²) in [5.74, 6) is -0.774. The highest BCUT2D eigenvalue weighted by atomic mass is 35.5. The Balaban J connectivity index is 1.79. The lowest BCUT2D eigenvalue weighted by molar-refractivity contribution is -0.150. The van der Waals surface area contributed by atoms with E-state index in [0.29, 0.717) is 5.02 Å². The van der Waals surface area contributed by atoms with Crippen molar-refractivity contribution in [2.24, 2.45) is 0 Å². The highest BCUT2D eigenvalue weighted by Gasteiger charge is 2.22. The van der Waals surface area contributed by atoms with Crippen molar-refractivity contribution in [1.29, 1.82) is 0 Å². The third kappa shape index (κ3) is 5.19. The van der Waals surface area contributed by atoms with E-state index in [4.69, 9.17) is 16.3 Å². The summed E-state index contributed by atoms with van der Waals surface area (Å²) in [5.41, 5.74) is 0.837. The minimum absolute atomic E-state index is 0.221. The third-order valence-electron chi connectivity index (χ3n) is 3.65. The number of ether oxygens (including phenoxy) is 1. The van der Waals surface area contributed by atoms with Crippen molar-refractivity contribution < 1.29 is 14.3 Å². The van der Waals surface area contributed by atoms with Crippen LogP contribution in [0.3, 0.4) is 0 Å². The van der Waals surface area contributed by atoms with Crippen LogP contribution in [0.5, 0.6) is 0 Å². The van der Waals surface area contributed by atoms with E-state index in [0.717, 1.165) is 31.2 Å². The molecule has 1 aromatic rings. The van der Waals surface area contributed by atoms with Crippen LogP contribution in [0.15, 0.2) is 30.3 Å². The topological polar surface area (TPSA) is 55.4 Å². The average Bonchev–Trinajstić information content (AvgIpc) is 2.99. The Kier molecular flexibility index (Phi) is 6.01. The van der Waals surface area contributed by atoms with Gasteiger partial charge in [-0.3, -0.25) is 4.79 Å². The van der Waals surface area contributed by atoms with Gasteiger partial charge in [0.25, 0.3) is 5.91 Å². The Morgan fingerprint density at radius 3 is 2.55 bits per heavy atom. The molecule has 1 aromatic carbocycles. The van der Waals surface area contributed by atoms with Gasteiger partial charge in [0, 0.05) is 17.1 Å². The van der Waals surface area contributed by atoms with Gasteiger partial charge >= 0.3 is 5.97 Å². The number of nitrogens with one attached hydrogen (secondary N) is 1. The molecule has 1 saturated carbocycles. The molecule has 0 heterocycles. The lowest BCUT2D eigenvalue weighted by Gasteiger charge is -2.16. The Bertz CT molecular complexity index is 548. The van der Waals surface area contributed by atoms with Crippen LogP contribution in [-0.4, -0.2) is 24.0 Å². The van der Waals surface area contributed by atoms with E-state index in [-0.39, 0.29) is 11.9 Å². The summed E-state index contributed by atoms with van der Waals surface area (Å²) in [6.45, 7) is 1.58. The zero-order valence-electron chi connectivity index (χ0n) is 12.5. The fourth-order valence-electron chi connectivity index (χ4n) is 2.39. The highest BCUT2D eigenvalue weighted by Crippen LogP contribution is 2.17. The molecule has 2 rings (SSSR count). The Morgan fingerprint density at radius 1 is 1.27 bits per heavy atom. The standard InChI is InChI=1S/C17H20ClNO3/c1-12(17(21)19-15-4-2-3-5-15)22-16(20)11-8-13-6-9-14(18)10-7-13/h6-12,15H,2-5H2,1H3,(H,19,21)/b11-8+/t12-/m1/s1. The summed E-state index contributed by atoms with van der Waals surface area (Å²) in [4.78, 5) is 23.6. The van der Waals surface area contributed by atoms with E-state index >= 15 is 0 Å². The zero-order chi connectivity index (χ0) is 15.9. The summed E-state index contributed by atoms with van der Waals surface area (Å²) in [7, 11) is 0. The normalized spacial score (nSPS) is 16.6. The quantitative estimate of drug-likeness (QED) is 0.668. The monoisotopic (exact) mass is 321 g/mol. The highest BCUT2D eigenvalue weighted by molar-refractivity contribution is 6.30. The number of carbonyl (C=O) groups excluding carboxylic acids is 2. The molecule has 1 aliphatic carbocycles. The van der Waals surface area contributed by atoms with E-state index in [2.05, 4.69) is 5.32 Å². The minimum Gasteiger partial charge on any atom is -0.449 e. The molecule has 0 unspecified atom stereocenters. The Hall–Kier alpha value is -1.81. The number of hydrogen-bond acceptors (Lipinski definition) is 3. The molecule has 5 heteroatoms. The van der Waals surface area contributed by atoms with Crippen LogP contribution in [0.4, 0.5) is 0 Å². The molecular weight excluding hydrogens is 302 g/mol. The van der Waals surface area contributed by atoms with E-state index < -0.39 is 12.1 Å². The fourth-order valence-corrected chi connectivity index (χ4v) is 2.52. The molecule has 0 saturated heterocycles. The number of hydrogen-bond donors (Lipinski definition) is 1. The van der Waals surface area contributed by atoms with Gasteiger partial charge in [-0.05, 0) is 43.5 Å². The molecule has 1 atom stereocenters. The van der Waals surface area contributed by atoms with Gasteiger partial charge < -0.3 is 10.1 Å². The second-order valence-electron chi connectivity index (χ2n) is 5.45. The first kappa shape index (κ1) is 16.6. The number of amides is 1. The summed E-state index contributed by atoms with van der Waals surface area (Å²) < 4.78 is 5.10. The van der Waals surface area contributed by atoms with E-state index in [1.807, 2.05) is 0 Å². The van der Waals surface area contributed by atoms with Gasteiger partial charge in [-0.25, -0.2) is 4.79 Å². The van der Waals surface area contributed by atoms with Crippen molar-refractivity contribution in [3.05, 3.63) is 40.9 Å². The molecule has 1 amide bonds. The Labute approximate surface area is 135 Å². The number of esters is 1. The van der Waals surface area contributed by atoms with Crippen LogP contribution >= 0.6 is 11.6 Å². The van der Waals surface area contributed by atoms with Crippen LogP contribution in [0, 0.1) is 0 Å². The van der Waals surface area contributed by atoms with Gasteiger partial charge in [0.1, 0.15) is 0 Å². The predicted molar refractivity (Wildman–Crippen MR) is 86.4 cm³/mol. The third-order valence-corrected chi connectivity index (χ3v) is 3.90. The van der Waals surface area contributed by atoms with Crippen molar-refractivity contribution in [2.45, 2.75) is 44.8 Å². The van der Waals surface area contributed by atoms with Gasteiger partial charge in [0.15, 0.2) is 6.10 Å². The number of halogens is 1. The van der Waals surface area contributed by atoms with Crippen LogP contribution in [0.2, 0.25) is 5.02 Å².